The number of hydrogen-bond acceptors (Lipinski definition) is 4. The molecule has 1 atom stereocenters. The summed E-state index contributed by atoms with van der Waals surface area (Å²) in [7, 11) is 0. The molecule has 5 nitrogen and oxygen atoms in total. The standard InChI is InChI=1S/C13H10ClN5/c1-13(2,3)10-7(4-15)12-18-8(5-16)9(6-17)19(12)11(10)14/h9H,1-3H3. The molecule has 1 aromatic rings. The molecule has 94 valence electrons. The fourth-order valence-corrected chi connectivity index (χ4v) is 2.74. The molecule has 1 aromatic heterocycles. The van der Waals surface area contributed by atoms with Crippen molar-refractivity contribution in [3.05, 3.63) is 16.3 Å². The Morgan fingerprint density at radius 2 is 1.84 bits per heavy atom. The van der Waals surface area contributed by atoms with Gasteiger partial charge >= 0.3 is 0 Å². The molecule has 1 aliphatic rings. The second kappa shape index (κ2) is 4.12. The smallest absolute Gasteiger partial charge is 0.176 e. The molecule has 19 heavy (non-hydrogen) atoms. The van der Waals surface area contributed by atoms with Gasteiger partial charge in [-0.05, 0) is 5.41 Å². The van der Waals surface area contributed by atoms with Crippen LogP contribution in [0.5, 0.6) is 0 Å². The first-order valence-electron chi connectivity index (χ1n) is 5.59. The van der Waals surface area contributed by atoms with E-state index >= 15 is 0 Å². The van der Waals surface area contributed by atoms with Crippen LogP contribution in [-0.2, 0) is 5.41 Å². The van der Waals surface area contributed by atoms with Crippen LogP contribution in [0.3, 0.4) is 0 Å². The Hall–Kier alpha value is -2.29. The van der Waals surface area contributed by atoms with E-state index in [-0.39, 0.29) is 11.1 Å². The minimum atomic E-state index is -0.851. The summed E-state index contributed by atoms with van der Waals surface area (Å²) in [6, 6.07) is 5.10. The van der Waals surface area contributed by atoms with Crippen LogP contribution in [0.4, 0.5) is 5.82 Å². The summed E-state index contributed by atoms with van der Waals surface area (Å²) >= 11 is 6.31. The van der Waals surface area contributed by atoms with Gasteiger partial charge in [-0.2, -0.15) is 15.8 Å². The van der Waals surface area contributed by atoms with E-state index in [9.17, 15) is 10.5 Å². The van der Waals surface area contributed by atoms with E-state index < -0.39 is 6.04 Å². The highest BCUT2D eigenvalue weighted by Crippen LogP contribution is 2.45. The Kier molecular flexibility index (Phi) is 2.85. The third-order valence-electron chi connectivity index (χ3n) is 2.96. The van der Waals surface area contributed by atoms with Crippen LogP contribution in [0.15, 0.2) is 4.99 Å². The Morgan fingerprint density at radius 3 is 2.26 bits per heavy atom. The summed E-state index contributed by atoms with van der Waals surface area (Å²) in [6.45, 7) is 5.79. The van der Waals surface area contributed by atoms with E-state index in [0.29, 0.717) is 22.1 Å². The molecular formula is C13H10ClN5. The zero-order chi connectivity index (χ0) is 14.4. The van der Waals surface area contributed by atoms with E-state index in [4.69, 9.17) is 16.9 Å². The minimum absolute atomic E-state index is 0.0661. The largest absolute Gasteiger partial charge is 0.292 e. The van der Waals surface area contributed by atoms with Gasteiger partial charge < -0.3 is 0 Å². The molecule has 1 unspecified atom stereocenters. The number of rotatable bonds is 0. The Balaban J connectivity index is 2.85. The normalized spacial score (nSPS) is 17.1. The first-order valence-corrected chi connectivity index (χ1v) is 5.97. The van der Waals surface area contributed by atoms with Crippen molar-refractivity contribution in [3.8, 4) is 18.2 Å². The number of nitriles is 3. The van der Waals surface area contributed by atoms with Crippen LogP contribution in [0.1, 0.15) is 37.9 Å². The summed E-state index contributed by atoms with van der Waals surface area (Å²) in [5.41, 5.74) is 0.717. The van der Waals surface area contributed by atoms with Gasteiger partial charge in [0.05, 0.1) is 6.07 Å². The van der Waals surface area contributed by atoms with E-state index in [1.807, 2.05) is 32.9 Å². The molecule has 6 heteroatoms. The zero-order valence-corrected chi connectivity index (χ0v) is 11.4. The fraction of sp³-hybridized carbons (Fsp3) is 0.385. The SMILES string of the molecule is CC(C)(C)c1c(C#N)c2n(c1Cl)C(C#N)C(C#N)=N2. The maximum atomic E-state index is 9.32. The van der Waals surface area contributed by atoms with Crippen molar-refractivity contribution in [3.63, 3.8) is 0 Å². The Labute approximate surface area is 116 Å². The molecule has 1 aliphatic heterocycles. The van der Waals surface area contributed by atoms with Crippen LogP contribution in [0.2, 0.25) is 5.15 Å². The molecule has 2 heterocycles. The predicted octanol–water partition coefficient (Wildman–Crippen LogP) is 2.99. The second-order valence-electron chi connectivity index (χ2n) is 5.24. The summed E-state index contributed by atoms with van der Waals surface area (Å²) in [4.78, 5) is 4.08. The highest BCUT2D eigenvalue weighted by molar-refractivity contribution is 6.31. The average Bonchev–Trinajstić information content (AvgIpc) is 2.83. The third kappa shape index (κ3) is 1.70. The molecule has 0 fully saturated rings. The van der Waals surface area contributed by atoms with Gasteiger partial charge in [0.1, 0.15) is 22.9 Å². The molecule has 0 spiro atoms. The molecule has 0 bridgehead atoms. The van der Waals surface area contributed by atoms with Gasteiger partial charge in [-0.25, -0.2) is 4.99 Å². The number of fused-ring (bicyclic) bond motifs is 1. The molecule has 2 rings (SSSR count). The summed E-state index contributed by atoms with van der Waals surface area (Å²) < 4.78 is 1.46. The topological polar surface area (TPSA) is 88.7 Å². The Bertz CT molecular complexity index is 713. The predicted molar refractivity (Wildman–Crippen MR) is 70.2 cm³/mol. The van der Waals surface area contributed by atoms with E-state index in [0.717, 1.165) is 0 Å². The monoisotopic (exact) mass is 271 g/mol. The molecule has 0 amide bonds. The zero-order valence-electron chi connectivity index (χ0n) is 10.7. The van der Waals surface area contributed by atoms with Crippen LogP contribution in [0.25, 0.3) is 0 Å². The molecule has 0 saturated carbocycles. The summed E-state index contributed by atoms with van der Waals surface area (Å²) in [6.07, 6.45) is 0. The molecular weight excluding hydrogens is 262 g/mol. The highest BCUT2D eigenvalue weighted by atomic mass is 35.5. The van der Waals surface area contributed by atoms with Gasteiger partial charge in [-0.3, -0.25) is 4.57 Å². The lowest BCUT2D eigenvalue weighted by atomic mass is 9.86. The van der Waals surface area contributed by atoms with Crippen LogP contribution in [-0.4, -0.2) is 10.3 Å². The van der Waals surface area contributed by atoms with Gasteiger partial charge in [0, 0.05) is 5.56 Å². The van der Waals surface area contributed by atoms with E-state index in [1.165, 1.54) is 4.57 Å². The lowest BCUT2D eigenvalue weighted by Gasteiger charge is -2.19. The van der Waals surface area contributed by atoms with Crippen molar-refractivity contribution in [2.24, 2.45) is 4.99 Å². The molecule has 0 N–H and O–H groups in total. The lowest BCUT2D eigenvalue weighted by Crippen LogP contribution is -2.15. The second-order valence-corrected chi connectivity index (χ2v) is 5.59. The Morgan fingerprint density at radius 1 is 1.21 bits per heavy atom. The quantitative estimate of drug-likeness (QED) is 0.726. The van der Waals surface area contributed by atoms with Crippen molar-refractivity contribution in [1.82, 2.24) is 4.57 Å². The highest BCUT2D eigenvalue weighted by Gasteiger charge is 2.37. The average molecular weight is 272 g/mol. The minimum Gasteiger partial charge on any atom is -0.292 e. The molecule has 0 aliphatic carbocycles. The maximum absolute atomic E-state index is 9.32. The van der Waals surface area contributed by atoms with Crippen LogP contribution < -0.4 is 0 Å². The van der Waals surface area contributed by atoms with Crippen molar-refractivity contribution in [1.29, 1.82) is 15.8 Å². The fourth-order valence-electron chi connectivity index (χ4n) is 2.19. The van der Waals surface area contributed by atoms with Crippen LogP contribution >= 0.6 is 11.6 Å². The maximum Gasteiger partial charge on any atom is 0.176 e. The van der Waals surface area contributed by atoms with Gasteiger partial charge in [-0.1, -0.05) is 32.4 Å². The van der Waals surface area contributed by atoms with Crippen molar-refractivity contribution >= 4 is 23.1 Å². The summed E-state index contributed by atoms with van der Waals surface area (Å²) in [5, 5.41) is 27.8. The van der Waals surface area contributed by atoms with Crippen molar-refractivity contribution in [2.75, 3.05) is 0 Å². The van der Waals surface area contributed by atoms with E-state index in [2.05, 4.69) is 11.1 Å². The van der Waals surface area contributed by atoms with E-state index in [1.54, 1.807) is 0 Å². The lowest BCUT2D eigenvalue weighted by molar-refractivity contribution is 0.586. The number of halogens is 1. The van der Waals surface area contributed by atoms with Crippen LogP contribution in [0, 0.1) is 34.0 Å². The number of aliphatic imine (C=N–C) groups is 1. The van der Waals surface area contributed by atoms with Gasteiger partial charge in [-0.15, -0.1) is 0 Å². The molecule has 0 radical (unpaired) electrons. The summed E-state index contributed by atoms with van der Waals surface area (Å²) in [5.74, 6) is 0.306. The van der Waals surface area contributed by atoms with Crippen molar-refractivity contribution in [2.45, 2.75) is 32.2 Å². The third-order valence-corrected chi connectivity index (χ3v) is 3.33. The number of nitrogens with zero attached hydrogens (tertiary/aromatic N) is 5. The number of aromatic nitrogens is 1. The first-order chi connectivity index (χ1) is 8.86. The molecule has 0 saturated heterocycles. The number of hydrogen-bond donors (Lipinski definition) is 0. The van der Waals surface area contributed by atoms with Crippen molar-refractivity contribution < 1.29 is 0 Å². The van der Waals surface area contributed by atoms with Gasteiger partial charge in [0.25, 0.3) is 0 Å². The molecule has 0 aromatic carbocycles. The van der Waals surface area contributed by atoms with Gasteiger partial charge in [0.15, 0.2) is 17.6 Å². The van der Waals surface area contributed by atoms with Gasteiger partial charge in [0.2, 0.25) is 0 Å². The first kappa shape index (κ1) is 13.1.